The smallest absolute Gasteiger partial charge is 0.122 e. The van der Waals surface area contributed by atoms with Crippen molar-refractivity contribution in [1.29, 1.82) is 0 Å². The summed E-state index contributed by atoms with van der Waals surface area (Å²) < 4.78 is 10.6. The molecule has 0 saturated carbocycles. The van der Waals surface area contributed by atoms with Crippen LogP contribution in [0, 0.1) is 0 Å². The van der Waals surface area contributed by atoms with Gasteiger partial charge in [0.15, 0.2) is 0 Å². The molecule has 1 aromatic carbocycles. The quantitative estimate of drug-likeness (QED) is 0.923. The van der Waals surface area contributed by atoms with Crippen LogP contribution in [0.2, 0.25) is 0 Å². The summed E-state index contributed by atoms with van der Waals surface area (Å²) in [6.45, 7) is 6.53. The van der Waals surface area contributed by atoms with E-state index in [9.17, 15) is 0 Å². The predicted octanol–water partition coefficient (Wildman–Crippen LogP) is 2.51. The second-order valence-corrected chi connectivity index (χ2v) is 4.61. The van der Waals surface area contributed by atoms with E-state index in [-0.39, 0.29) is 24.8 Å². The molecule has 4 nitrogen and oxygen atoms in total. The van der Waals surface area contributed by atoms with E-state index in [1.165, 1.54) is 5.56 Å². The summed E-state index contributed by atoms with van der Waals surface area (Å²) in [4.78, 5) is 2.48. The highest BCUT2D eigenvalue weighted by Crippen LogP contribution is 2.29. The van der Waals surface area contributed by atoms with E-state index in [0.717, 1.165) is 37.7 Å². The van der Waals surface area contributed by atoms with Gasteiger partial charge in [-0.25, -0.2) is 0 Å². The van der Waals surface area contributed by atoms with E-state index in [2.05, 4.69) is 29.3 Å². The summed E-state index contributed by atoms with van der Waals surface area (Å²) in [7, 11) is 3.38. The Hall–Kier alpha value is -0.680. The zero-order valence-corrected chi connectivity index (χ0v) is 13.9. The third kappa shape index (κ3) is 4.70. The van der Waals surface area contributed by atoms with Crippen molar-refractivity contribution in [1.82, 2.24) is 10.2 Å². The lowest BCUT2D eigenvalue weighted by Gasteiger charge is -2.33. The van der Waals surface area contributed by atoms with Crippen LogP contribution in [0.3, 0.4) is 0 Å². The maximum absolute atomic E-state index is 5.32. The fourth-order valence-corrected chi connectivity index (χ4v) is 2.35. The molecule has 116 valence electrons. The third-order valence-corrected chi connectivity index (χ3v) is 3.56. The lowest BCUT2D eigenvalue weighted by molar-refractivity contribution is 0.185. The van der Waals surface area contributed by atoms with Crippen LogP contribution in [-0.4, -0.2) is 45.3 Å². The number of nitrogens with one attached hydrogen (secondary N) is 1. The van der Waals surface area contributed by atoms with Crippen LogP contribution < -0.4 is 14.8 Å². The van der Waals surface area contributed by atoms with Crippen LogP contribution >= 0.6 is 24.8 Å². The summed E-state index contributed by atoms with van der Waals surface area (Å²) in [5.41, 5.74) is 1.24. The lowest BCUT2D eigenvalue weighted by atomic mass is 10.1. The topological polar surface area (TPSA) is 33.7 Å². The summed E-state index contributed by atoms with van der Waals surface area (Å²) in [6, 6.07) is 6.48. The van der Waals surface area contributed by atoms with Crippen LogP contribution in [0.5, 0.6) is 11.5 Å². The zero-order valence-electron chi connectivity index (χ0n) is 12.2. The number of methoxy groups -OCH3 is 2. The van der Waals surface area contributed by atoms with Crippen molar-refractivity contribution >= 4 is 24.8 Å². The standard InChI is InChI=1S/C14H22N2O2.2ClH/c1-11(16-6-4-15-5-7-16)12-8-13(17-2)10-14(9-12)18-3;;/h8-11,15H,4-7H2,1-3H3;2*1H/t11-;;/m0../s1. The molecule has 1 saturated heterocycles. The summed E-state index contributed by atoms with van der Waals surface area (Å²) in [5, 5.41) is 3.38. The van der Waals surface area contributed by atoms with Crippen molar-refractivity contribution in [2.45, 2.75) is 13.0 Å². The Morgan fingerprint density at radius 1 is 1.00 bits per heavy atom. The Bertz CT molecular complexity index is 377. The Balaban J connectivity index is 0.00000180. The van der Waals surface area contributed by atoms with E-state index in [1.54, 1.807) is 14.2 Å². The molecule has 0 spiro atoms. The highest BCUT2D eigenvalue weighted by atomic mass is 35.5. The number of benzene rings is 1. The largest absolute Gasteiger partial charge is 0.497 e. The van der Waals surface area contributed by atoms with Crippen LogP contribution in [-0.2, 0) is 0 Å². The van der Waals surface area contributed by atoms with Crippen LogP contribution in [0.25, 0.3) is 0 Å². The van der Waals surface area contributed by atoms with Crippen molar-refractivity contribution in [3.63, 3.8) is 0 Å². The van der Waals surface area contributed by atoms with Gasteiger partial charge in [-0.2, -0.15) is 0 Å². The van der Waals surface area contributed by atoms with Gasteiger partial charge in [0.25, 0.3) is 0 Å². The first-order chi connectivity index (χ1) is 8.74. The minimum absolute atomic E-state index is 0. The monoisotopic (exact) mass is 322 g/mol. The van der Waals surface area contributed by atoms with Crippen molar-refractivity contribution < 1.29 is 9.47 Å². The number of hydrogen-bond donors (Lipinski definition) is 1. The maximum Gasteiger partial charge on any atom is 0.122 e. The van der Waals surface area contributed by atoms with E-state index in [0.29, 0.717) is 6.04 Å². The minimum atomic E-state index is 0. The lowest BCUT2D eigenvalue weighted by Crippen LogP contribution is -2.44. The van der Waals surface area contributed by atoms with Crippen molar-refractivity contribution in [2.75, 3.05) is 40.4 Å². The summed E-state index contributed by atoms with van der Waals surface area (Å²) >= 11 is 0. The van der Waals surface area contributed by atoms with Gasteiger partial charge in [-0.1, -0.05) is 0 Å². The van der Waals surface area contributed by atoms with E-state index >= 15 is 0 Å². The average molecular weight is 323 g/mol. The molecule has 1 heterocycles. The molecule has 1 aliphatic heterocycles. The van der Waals surface area contributed by atoms with Gasteiger partial charge in [0.1, 0.15) is 11.5 Å². The van der Waals surface area contributed by atoms with Gasteiger partial charge in [0.05, 0.1) is 14.2 Å². The van der Waals surface area contributed by atoms with E-state index in [4.69, 9.17) is 9.47 Å². The second-order valence-electron chi connectivity index (χ2n) is 4.61. The van der Waals surface area contributed by atoms with Gasteiger partial charge in [-0.05, 0) is 24.6 Å². The fourth-order valence-electron chi connectivity index (χ4n) is 2.35. The first kappa shape index (κ1) is 19.3. The Morgan fingerprint density at radius 2 is 1.50 bits per heavy atom. The number of hydrogen-bond acceptors (Lipinski definition) is 4. The molecule has 1 aromatic rings. The first-order valence-corrected chi connectivity index (χ1v) is 6.42. The SMILES string of the molecule is COc1cc(OC)cc([C@H](C)N2CCNCC2)c1.Cl.Cl. The van der Waals surface area contributed by atoms with Crippen molar-refractivity contribution in [3.8, 4) is 11.5 Å². The normalized spacial score (nSPS) is 16.6. The fraction of sp³-hybridized carbons (Fsp3) is 0.571. The molecule has 0 aromatic heterocycles. The molecule has 1 atom stereocenters. The first-order valence-electron chi connectivity index (χ1n) is 6.42. The molecule has 0 unspecified atom stereocenters. The van der Waals surface area contributed by atoms with Gasteiger partial charge in [-0.3, -0.25) is 4.90 Å². The Labute approximate surface area is 133 Å². The van der Waals surface area contributed by atoms with Gasteiger partial charge in [0, 0.05) is 38.3 Å². The van der Waals surface area contributed by atoms with Crippen LogP contribution in [0.4, 0.5) is 0 Å². The maximum atomic E-state index is 5.32. The van der Waals surface area contributed by atoms with E-state index < -0.39 is 0 Å². The van der Waals surface area contributed by atoms with Crippen molar-refractivity contribution in [2.24, 2.45) is 0 Å². The molecule has 2 rings (SSSR count). The summed E-state index contributed by atoms with van der Waals surface area (Å²) in [6.07, 6.45) is 0. The molecule has 0 amide bonds. The van der Waals surface area contributed by atoms with Gasteiger partial charge in [-0.15, -0.1) is 24.8 Å². The van der Waals surface area contributed by atoms with Gasteiger partial charge >= 0.3 is 0 Å². The third-order valence-electron chi connectivity index (χ3n) is 3.56. The zero-order chi connectivity index (χ0) is 13.0. The van der Waals surface area contributed by atoms with Crippen LogP contribution in [0.1, 0.15) is 18.5 Å². The molecular formula is C14H24Cl2N2O2. The average Bonchev–Trinajstić information content (AvgIpc) is 2.46. The number of rotatable bonds is 4. The molecule has 1 fully saturated rings. The predicted molar refractivity (Wildman–Crippen MR) is 86.9 cm³/mol. The second kappa shape index (κ2) is 9.29. The number of nitrogens with zero attached hydrogens (tertiary/aromatic N) is 1. The highest BCUT2D eigenvalue weighted by Gasteiger charge is 2.19. The Kier molecular flexibility index (Phi) is 8.98. The van der Waals surface area contributed by atoms with Crippen LogP contribution in [0.15, 0.2) is 18.2 Å². The number of ether oxygens (including phenoxy) is 2. The van der Waals surface area contributed by atoms with Gasteiger partial charge < -0.3 is 14.8 Å². The Morgan fingerprint density at radius 3 is 1.95 bits per heavy atom. The van der Waals surface area contributed by atoms with E-state index in [1.807, 2.05) is 6.07 Å². The molecular weight excluding hydrogens is 299 g/mol. The molecule has 6 heteroatoms. The minimum Gasteiger partial charge on any atom is -0.497 e. The van der Waals surface area contributed by atoms with Crippen molar-refractivity contribution in [3.05, 3.63) is 23.8 Å². The van der Waals surface area contributed by atoms with Gasteiger partial charge in [0.2, 0.25) is 0 Å². The number of piperazine rings is 1. The molecule has 0 bridgehead atoms. The molecule has 1 N–H and O–H groups in total. The number of halogens is 2. The molecule has 20 heavy (non-hydrogen) atoms. The molecule has 0 radical (unpaired) electrons. The summed E-state index contributed by atoms with van der Waals surface area (Å²) in [5.74, 6) is 1.71. The molecule has 0 aliphatic carbocycles. The highest BCUT2D eigenvalue weighted by molar-refractivity contribution is 5.85. The molecule has 1 aliphatic rings.